The van der Waals surface area contributed by atoms with Gasteiger partial charge in [0.15, 0.2) is 0 Å². The minimum absolute atomic E-state index is 0.586. The van der Waals surface area contributed by atoms with E-state index in [-0.39, 0.29) is 0 Å². The summed E-state index contributed by atoms with van der Waals surface area (Å²) in [5.74, 6) is 2.69. The Morgan fingerprint density at radius 3 is 2.57 bits per heavy atom. The molecule has 0 spiro atoms. The second-order valence-electron chi connectivity index (χ2n) is 3.77. The van der Waals surface area contributed by atoms with Crippen LogP contribution >= 0.6 is 0 Å². The molecule has 1 unspecified atom stereocenters. The van der Waals surface area contributed by atoms with Crippen molar-refractivity contribution in [1.82, 2.24) is 10.2 Å². The minimum atomic E-state index is 0.586. The SMILES string of the molecule is C#CCN(C)C(CCC)CNCCC. The van der Waals surface area contributed by atoms with E-state index in [0.717, 1.165) is 19.6 Å². The normalized spacial score (nSPS) is 12.8. The van der Waals surface area contributed by atoms with Crippen LogP contribution < -0.4 is 5.32 Å². The van der Waals surface area contributed by atoms with E-state index in [2.05, 4.69) is 37.0 Å². The molecule has 82 valence electrons. The topological polar surface area (TPSA) is 15.3 Å². The van der Waals surface area contributed by atoms with Crippen molar-refractivity contribution in [3.8, 4) is 12.3 Å². The first-order valence-corrected chi connectivity index (χ1v) is 5.60. The molecule has 0 fully saturated rings. The van der Waals surface area contributed by atoms with Crippen LogP contribution in [0.25, 0.3) is 0 Å². The molecule has 0 saturated carbocycles. The van der Waals surface area contributed by atoms with Gasteiger partial charge < -0.3 is 5.32 Å². The van der Waals surface area contributed by atoms with Crippen molar-refractivity contribution in [3.05, 3.63) is 0 Å². The molecule has 0 aliphatic heterocycles. The summed E-state index contributed by atoms with van der Waals surface area (Å²) in [6.07, 6.45) is 8.93. The molecule has 2 nitrogen and oxygen atoms in total. The molecule has 0 bridgehead atoms. The van der Waals surface area contributed by atoms with Gasteiger partial charge in [0, 0.05) is 12.6 Å². The molecule has 0 aromatic rings. The molecule has 0 aromatic carbocycles. The molecule has 0 saturated heterocycles. The van der Waals surface area contributed by atoms with E-state index in [9.17, 15) is 0 Å². The number of rotatable bonds is 8. The van der Waals surface area contributed by atoms with Gasteiger partial charge in [-0.05, 0) is 26.4 Å². The van der Waals surface area contributed by atoms with Gasteiger partial charge in [0.25, 0.3) is 0 Å². The van der Waals surface area contributed by atoms with Crippen LogP contribution in [0.4, 0.5) is 0 Å². The monoisotopic (exact) mass is 196 g/mol. The highest BCUT2D eigenvalue weighted by molar-refractivity contribution is 4.89. The van der Waals surface area contributed by atoms with Gasteiger partial charge in [-0.2, -0.15) is 0 Å². The van der Waals surface area contributed by atoms with Gasteiger partial charge in [0.1, 0.15) is 0 Å². The van der Waals surface area contributed by atoms with E-state index in [1.165, 1.54) is 19.3 Å². The summed E-state index contributed by atoms with van der Waals surface area (Å²) in [5.41, 5.74) is 0. The maximum atomic E-state index is 5.31. The third kappa shape index (κ3) is 6.01. The summed E-state index contributed by atoms with van der Waals surface area (Å²) in [5, 5.41) is 3.45. The lowest BCUT2D eigenvalue weighted by Crippen LogP contribution is -2.40. The third-order valence-corrected chi connectivity index (χ3v) is 2.39. The number of hydrogen-bond donors (Lipinski definition) is 1. The lowest BCUT2D eigenvalue weighted by atomic mass is 10.1. The first kappa shape index (κ1) is 13.5. The predicted octanol–water partition coefficient (Wildman–Crippen LogP) is 1.72. The smallest absolute Gasteiger partial charge is 0.0599 e. The molecule has 2 heteroatoms. The van der Waals surface area contributed by atoms with Crippen LogP contribution in [0.1, 0.15) is 33.1 Å². The first-order chi connectivity index (χ1) is 6.76. The Bertz CT molecular complexity index is 160. The molecular weight excluding hydrogens is 172 g/mol. The Kier molecular flexibility index (Phi) is 8.72. The molecule has 0 heterocycles. The standard InChI is InChI=1S/C12H24N2/c1-5-8-12(11-13-9-6-2)14(4)10-7-3/h3,12-13H,5-6,8-11H2,1-2,4H3. The van der Waals surface area contributed by atoms with Gasteiger partial charge in [-0.1, -0.05) is 26.2 Å². The quantitative estimate of drug-likeness (QED) is 0.470. The van der Waals surface area contributed by atoms with E-state index in [1.807, 2.05) is 0 Å². The van der Waals surface area contributed by atoms with Crippen LogP contribution in [-0.2, 0) is 0 Å². The number of hydrogen-bond acceptors (Lipinski definition) is 2. The van der Waals surface area contributed by atoms with Crippen LogP contribution in [0.15, 0.2) is 0 Å². The maximum Gasteiger partial charge on any atom is 0.0599 e. The van der Waals surface area contributed by atoms with Crippen molar-refractivity contribution in [2.24, 2.45) is 0 Å². The Morgan fingerprint density at radius 1 is 1.36 bits per heavy atom. The molecule has 0 amide bonds. The largest absolute Gasteiger partial charge is 0.315 e. The highest BCUT2D eigenvalue weighted by Crippen LogP contribution is 2.03. The van der Waals surface area contributed by atoms with Crippen molar-refractivity contribution < 1.29 is 0 Å². The van der Waals surface area contributed by atoms with E-state index in [1.54, 1.807) is 0 Å². The molecule has 1 N–H and O–H groups in total. The molecule has 0 aromatic heterocycles. The fourth-order valence-corrected chi connectivity index (χ4v) is 1.53. The number of likely N-dealkylation sites (N-methyl/N-ethyl adjacent to an activating group) is 1. The van der Waals surface area contributed by atoms with Gasteiger partial charge in [0.05, 0.1) is 6.54 Å². The average molecular weight is 196 g/mol. The van der Waals surface area contributed by atoms with E-state index in [0.29, 0.717) is 6.04 Å². The fourth-order valence-electron chi connectivity index (χ4n) is 1.53. The van der Waals surface area contributed by atoms with Gasteiger partial charge in [-0.25, -0.2) is 0 Å². The van der Waals surface area contributed by atoms with Crippen molar-refractivity contribution in [3.63, 3.8) is 0 Å². The van der Waals surface area contributed by atoms with Gasteiger partial charge >= 0.3 is 0 Å². The van der Waals surface area contributed by atoms with Crippen molar-refractivity contribution >= 4 is 0 Å². The second kappa shape index (κ2) is 9.05. The Labute approximate surface area is 89.1 Å². The summed E-state index contributed by atoms with van der Waals surface area (Å²) in [6, 6.07) is 0.586. The fraction of sp³-hybridized carbons (Fsp3) is 0.833. The van der Waals surface area contributed by atoms with Crippen LogP contribution in [0, 0.1) is 12.3 Å². The van der Waals surface area contributed by atoms with E-state index in [4.69, 9.17) is 6.42 Å². The van der Waals surface area contributed by atoms with Crippen LogP contribution in [-0.4, -0.2) is 37.6 Å². The number of nitrogens with zero attached hydrogens (tertiary/aromatic N) is 1. The van der Waals surface area contributed by atoms with Crippen LogP contribution in [0.2, 0.25) is 0 Å². The zero-order valence-electron chi connectivity index (χ0n) is 9.84. The molecule has 0 radical (unpaired) electrons. The van der Waals surface area contributed by atoms with E-state index >= 15 is 0 Å². The zero-order valence-corrected chi connectivity index (χ0v) is 9.84. The maximum absolute atomic E-state index is 5.31. The first-order valence-electron chi connectivity index (χ1n) is 5.60. The van der Waals surface area contributed by atoms with Crippen molar-refractivity contribution in [2.45, 2.75) is 39.2 Å². The third-order valence-electron chi connectivity index (χ3n) is 2.39. The Balaban J connectivity index is 3.81. The predicted molar refractivity (Wildman–Crippen MR) is 63.3 cm³/mol. The van der Waals surface area contributed by atoms with Gasteiger partial charge in [0.2, 0.25) is 0 Å². The van der Waals surface area contributed by atoms with Crippen molar-refractivity contribution in [2.75, 3.05) is 26.7 Å². The number of nitrogens with one attached hydrogen (secondary N) is 1. The summed E-state index contributed by atoms with van der Waals surface area (Å²) >= 11 is 0. The summed E-state index contributed by atoms with van der Waals surface area (Å²) in [7, 11) is 2.10. The number of terminal acetylenes is 1. The average Bonchev–Trinajstić information content (AvgIpc) is 2.17. The zero-order chi connectivity index (χ0) is 10.8. The highest BCUT2D eigenvalue weighted by Gasteiger charge is 2.11. The Hall–Kier alpha value is -0.520. The van der Waals surface area contributed by atoms with Crippen LogP contribution in [0.3, 0.4) is 0 Å². The highest BCUT2D eigenvalue weighted by atomic mass is 15.1. The molecule has 0 rings (SSSR count). The summed E-state index contributed by atoms with van der Waals surface area (Å²) in [4.78, 5) is 2.26. The molecule has 0 aliphatic rings. The summed E-state index contributed by atoms with van der Waals surface area (Å²) < 4.78 is 0. The van der Waals surface area contributed by atoms with E-state index < -0.39 is 0 Å². The molecule has 1 atom stereocenters. The van der Waals surface area contributed by atoms with Gasteiger partial charge in [-0.15, -0.1) is 6.42 Å². The molecule has 14 heavy (non-hydrogen) atoms. The minimum Gasteiger partial charge on any atom is -0.315 e. The van der Waals surface area contributed by atoms with Crippen LogP contribution in [0.5, 0.6) is 0 Å². The molecular formula is C12H24N2. The summed E-state index contributed by atoms with van der Waals surface area (Å²) in [6.45, 7) is 7.31. The van der Waals surface area contributed by atoms with Gasteiger partial charge in [-0.3, -0.25) is 4.90 Å². The molecule has 0 aliphatic carbocycles. The Morgan fingerprint density at radius 2 is 2.07 bits per heavy atom. The second-order valence-corrected chi connectivity index (χ2v) is 3.77. The lowest BCUT2D eigenvalue weighted by molar-refractivity contribution is 0.247. The lowest BCUT2D eigenvalue weighted by Gasteiger charge is -2.26. The van der Waals surface area contributed by atoms with Crippen molar-refractivity contribution in [1.29, 1.82) is 0 Å².